The Labute approximate surface area is 474 Å². The molecule has 21 heteroatoms. The monoisotopic (exact) mass is 1120 g/mol. The number of nitrogens with zero attached hydrogens (tertiary/aromatic N) is 10. The molecule has 4 aromatic heterocycles. The van der Waals surface area contributed by atoms with Crippen molar-refractivity contribution in [3.05, 3.63) is 113 Å². The second kappa shape index (κ2) is 22.5. The molecule has 1 saturated carbocycles. The number of rotatable bonds is 20. The lowest BCUT2D eigenvalue weighted by Gasteiger charge is -2.30. The van der Waals surface area contributed by atoms with Crippen LogP contribution >= 0.6 is 0 Å². The Balaban J connectivity index is 0.831. The molecule has 8 aromatic rings. The van der Waals surface area contributed by atoms with E-state index < -0.39 is 30.1 Å². The lowest BCUT2D eigenvalue weighted by molar-refractivity contribution is -0.142. The van der Waals surface area contributed by atoms with Gasteiger partial charge in [-0.15, -0.1) is 5.10 Å². The number of nitrogens with one attached hydrogen (secondary N) is 3. The number of aromatic amines is 1. The first-order chi connectivity index (χ1) is 39.7. The number of hydrogen-bond donors (Lipinski definition) is 5. The standard InChI is InChI=1S/C61H70FN13O7/c1-8-74-51(17-18-65-74)39-14-12-38(13-15-39)50(29-76)66-59(78)52-21-42(77)27-73(52)60(79)56(32(2)3)75-28-49(70-71-75)43-16-9-36(19-33(43)4)31-81-57-54(53-35(6)47(62)23-48-46(53)25-64-69-48)44(37-10-11-37)22-45-55(57)67-61(82-30-34(5)80-7)68-58(45)72-26-40-20-41(72)24-63-40/h9,12-19,22-23,25,28,32,34,37,40-42,50,52,56,63,76-77H,8,10-11,20-21,24,26-27,29-31H2,1-7H3,(H,64,69)(H,66,78)/t34-,40-,41-,42+,50-,52-,56-/m0/s1. The van der Waals surface area contributed by atoms with Crippen LogP contribution in [0.15, 0.2) is 79.3 Å². The Kier molecular flexibility index (Phi) is 15.0. The van der Waals surface area contributed by atoms with E-state index in [9.17, 15) is 19.8 Å². The molecule has 5 N–H and O–H groups in total. The summed E-state index contributed by atoms with van der Waals surface area (Å²) < 4.78 is 38.6. The lowest BCUT2D eigenvalue weighted by atomic mass is 9.88. The van der Waals surface area contributed by atoms with E-state index in [0.29, 0.717) is 51.8 Å². The second-order valence-corrected chi connectivity index (χ2v) is 22.9. The van der Waals surface area contributed by atoms with E-state index >= 15 is 4.39 Å². The number of fused-ring (bicyclic) bond motifs is 4. The fraction of sp³-hybridized carbons (Fsp3) is 0.443. The van der Waals surface area contributed by atoms with Crippen molar-refractivity contribution < 1.29 is 38.4 Å². The first kappa shape index (κ1) is 54.7. The molecule has 2 amide bonds. The first-order valence-electron chi connectivity index (χ1n) is 28.5. The molecule has 3 saturated heterocycles. The molecule has 4 aromatic carbocycles. The minimum absolute atomic E-state index is 0.0380. The second-order valence-electron chi connectivity index (χ2n) is 22.9. The largest absolute Gasteiger partial charge is 0.486 e. The Hall–Kier alpha value is -7.85. The van der Waals surface area contributed by atoms with Gasteiger partial charge in [-0.3, -0.25) is 19.4 Å². The molecule has 4 aliphatic rings. The Bertz CT molecular complexity index is 3690. The number of methoxy groups -OCH3 is 1. The number of β-amino-alcohol motifs (C(OH)–C–C–N with tert-alkyl or cyclic N) is 1. The van der Waals surface area contributed by atoms with Crippen LogP contribution in [-0.2, 0) is 27.5 Å². The van der Waals surface area contributed by atoms with E-state index in [1.165, 1.54) is 11.0 Å². The molecule has 12 rings (SSSR count). The minimum Gasteiger partial charge on any atom is -0.486 e. The van der Waals surface area contributed by atoms with Crippen molar-refractivity contribution >= 4 is 39.4 Å². The van der Waals surface area contributed by atoms with Crippen molar-refractivity contribution in [1.29, 1.82) is 0 Å². The van der Waals surface area contributed by atoms with E-state index in [2.05, 4.69) is 47.2 Å². The number of ether oxygens (including phenoxy) is 3. The SMILES string of the molecule is CCn1nccc1-c1ccc([C@H](CO)NC(=O)[C@@H]2C[C@@H](O)CN2C(=O)[C@H](C(C)C)n2cc(-c3ccc(COc4c(-c5c(C)c(F)cc6[nH]ncc56)c(C5CC5)cc5c(N6C[C@@H]7C[C@H]6CN7)nc(OC[C@H](C)OC)nc45)cc3C)nn2)cc1. The zero-order valence-corrected chi connectivity index (χ0v) is 47.3. The van der Waals surface area contributed by atoms with Crippen LogP contribution in [0, 0.1) is 25.6 Å². The highest BCUT2D eigenvalue weighted by atomic mass is 19.1. The molecule has 2 bridgehead atoms. The molecular weight excluding hydrogens is 1050 g/mol. The summed E-state index contributed by atoms with van der Waals surface area (Å²) in [5, 5.41) is 50.4. The molecule has 7 atom stereocenters. The average molecular weight is 1120 g/mol. The molecule has 82 heavy (non-hydrogen) atoms. The van der Waals surface area contributed by atoms with E-state index in [1.54, 1.807) is 37.3 Å². The molecule has 0 radical (unpaired) electrons. The maximum absolute atomic E-state index is 16.2. The molecule has 3 aliphatic heterocycles. The highest BCUT2D eigenvalue weighted by Gasteiger charge is 2.44. The maximum atomic E-state index is 16.2. The van der Waals surface area contributed by atoms with Gasteiger partial charge < -0.3 is 44.9 Å². The molecule has 7 heterocycles. The van der Waals surface area contributed by atoms with Gasteiger partial charge in [0.2, 0.25) is 11.8 Å². The number of piperazine rings is 1. The van der Waals surface area contributed by atoms with Crippen LogP contribution in [0.1, 0.15) is 99.2 Å². The van der Waals surface area contributed by atoms with Crippen LogP contribution in [-0.4, -0.2) is 142 Å². The molecule has 428 valence electrons. The lowest BCUT2D eigenvalue weighted by Crippen LogP contribution is -2.50. The molecular formula is C61H70FN13O7. The Morgan fingerprint density at radius 2 is 1.78 bits per heavy atom. The van der Waals surface area contributed by atoms with Gasteiger partial charge in [0.05, 0.1) is 48.5 Å². The van der Waals surface area contributed by atoms with Crippen LogP contribution in [0.3, 0.4) is 0 Å². The quantitative estimate of drug-likeness (QED) is 0.0497. The third-order valence-electron chi connectivity index (χ3n) is 16.9. The number of H-pyrrole nitrogens is 1. The van der Waals surface area contributed by atoms with Gasteiger partial charge in [-0.1, -0.05) is 61.5 Å². The number of likely N-dealkylation sites (tertiary alicyclic amines) is 1. The molecule has 1 aliphatic carbocycles. The van der Waals surface area contributed by atoms with Crippen molar-refractivity contribution in [1.82, 2.24) is 60.5 Å². The number of aryl methyl sites for hydroxylation is 2. The van der Waals surface area contributed by atoms with Gasteiger partial charge in [0.15, 0.2) is 5.75 Å². The number of halogens is 1. The number of carbonyl (C=O) groups excluding carboxylic acids is 2. The summed E-state index contributed by atoms with van der Waals surface area (Å²) in [6.45, 7) is 13.8. The summed E-state index contributed by atoms with van der Waals surface area (Å²) >= 11 is 0. The summed E-state index contributed by atoms with van der Waals surface area (Å²) in [5.41, 5.74) is 9.77. The van der Waals surface area contributed by atoms with Crippen molar-refractivity contribution in [2.45, 2.75) is 129 Å². The highest BCUT2D eigenvalue weighted by molar-refractivity contribution is 6.06. The van der Waals surface area contributed by atoms with Crippen LogP contribution in [0.2, 0.25) is 0 Å². The normalized spacial score (nSPS) is 19.9. The third kappa shape index (κ3) is 10.3. The summed E-state index contributed by atoms with van der Waals surface area (Å²) in [5.74, 6) is -0.0114. The number of aromatic nitrogens is 9. The molecule has 0 spiro atoms. The first-order valence-corrected chi connectivity index (χ1v) is 28.5. The summed E-state index contributed by atoms with van der Waals surface area (Å²) in [6, 6.07) is 17.3. The zero-order valence-electron chi connectivity index (χ0n) is 47.3. The maximum Gasteiger partial charge on any atom is 0.319 e. The van der Waals surface area contributed by atoms with Crippen molar-refractivity contribution in [3.8, 4) is 45.4 Å². The number of hydrogen-bond acceptors (Lipinski definition) is 15. The molecule has 0 unspecified atom stereocenters. The third-order valence-corrected chi connectivity index (χ3v) is 16.9. The van der Waals surface area contributed by atoms with Gasteiger partial charge in [-0.05, 0) is 110 Å². The van der Waals surface area contributed by atoms with Gasteiger partial charge in [0, 0.05) is 85.5 Å². The Morgan fingerprint density at radius 1 is 0.963 bits per heavy atom. The Morgan fingerprint density at radius 3 is 2.49 bits per heavy atom. The summed E-state index contributed by atoms with van der Waals surface area (Å²) in [7, 11) is 1.64. The topological polar surface area (TPSA) is 236 Å². The van der Waals surface area contributed by atoms with Crippen LogP contribution < -0.4 is 25.0 Å². The summed E-state index contributed by atoms with van der Waals surface area (Å²) in [4.78, 5) is 42.8. The van der Waals surface area contributed by atoms with Gasteiger partial charge in [0.25, 0.3) is 0 Å². The van der Waals surface area contributed by atoms with Gasteiger partial charge in [-0.25, -0.2) is 9.07 Å². The number of carbonyl (C=O) groups is 2. The van der Waals surface area contributed by atoms with Crippen LogP contribution in [0.4, 0.5) is 10.2 Å². The number of aliphatic hydroxyl groups is 2. The van der Waals surface area contributed by atoms with Crippen LogP contribution in [0.5, 0.6) is 11.8 Å². The predicted octanol–water partition coefficient (Wildman–Crippen LogP) is 7.50. The fourth-order valence-corrected chi connectivity index (χ4v) is 12.4. The van der Waals surface area contributed by atoms with E-state index in [4.69, 9.17) is 24.2 Å². The van der Waals surface area contributed by atoms with E-state index in [0.717, 1.165) is 88.0 Å². The minimum atomic E-state index is -0.988. The van der Waals surface area contributed by atoms with Gasteiger partial charge in [0.1, 0.15) is 48.1 Å². The number of amides is 2. The fourth-order valence-electron chi connectivity index (χ4n) is 12.4. The molecule has 20 nitrogen and oxygen atoms in total. The summed E-state index contributed by atoms with van der Waals surface area (Å²) in [6.07, 6.45) is 7.07. The number of aliphatic hydroxyl groups excluding tert-OH is 2. The smallest absolute Gasteiger partial charge is 0.319 e. The van der Waals surface area contributed by atoms with Gasteiger partial charge in [-0.2, -0.15) is 20.2 Å². The molecule has 4 fully saturated rings. The van der Waals surface area contributed by atoms with Gasteiger partial charge >= 0.3 is 6.01 Å². The zero-order chi connectivity index (χ0) is 57.1. The van der Waals surface area contributed by atoms with Crippen LogP contribution in [0.25, 0.3) is 55.4 Å². The highest BCUT2D eigenvalue weighted by Crippen LogP contribution is 2.53. The van der Waals surface area contributed by atoms with E-state index in [-0.39, 0.29) is 74.5 Å². The van der Waals surface area contributed by atoms with Crippen molar-refractivity contribution in [3.63, 3.8) is 0 Å². The average Bonchev–Trinajstić information content (AvgIpc) is 2.50. The van der Waals surface area contributed by atoms with E-state index in [1.807, 2.05) is 87.8 Å². The van der Waals surface area contributed by atoms with Crippen molar-refractivity contribution in [2.75, 3.05) is 44.9 Å². The number of benzene rings is 4. The van der Waals surface area contributed by atoms with Crippen molar-refractivity contribution in [2.24, 2.45) is 5.92 Å². The predicted molar refractivity (Wildman–Crippen MR) is 307 cm³/mol. The number of anilines is 1.